The minimum absolute atomic E-state index is 0.0563. The van der Waals surface area contributed by atoms with Gasteiger partial charge in [0.05, 0.1) is 13.2 Å². The third-order valence-corrected chi connectivity index (χ3v) is 3.96. The summed E-state index contributed by atoms with van der Waals surface area (Å²) < 4.78 is 5.42. The lowest BCUT2D eigenvalue weighted by atomic mass is 10.1. The third kappa shape index (κ3) is 2.32. The van der Waals surface area contributed by atoms with E-state index in [1.54, 1.807) is 7.11 Å². The van der Waals surface area contributed by atoms with Crippen LogP contribution in [0.25, 0.3) is 0 Å². The molecule has 1 aliphatic carbocycles. The number of carbonyl (C=O) groups excluding carboxylic acids is 1. The maximum Gasteiger partial charge on any atom is 0.241 e. The Morgan fingerprint density at radius 1 is 1.37 bits per heavy atom. The summed E-state index contributed by atoms with van der Waals surface area (Å²) in [6.07, 6.45) is 2.44. The molecule has 102 valence electrons. The van der Waals surface area contributed by atoms with Crippen molar-refractivity contribution in [3.63, 3.8) is 0 Å². The van der Waals surface area contributed by atoms with Gasteiger partial charge in [0, 0.05) is 12.1 Å². The average Bonchev–Trinajstić information content (AvgIpc) is 3.21. The number of benzene rings is 1. The number of ether oxygens (including phenoxy) is 1. The molecule has 2 aliphatic rings. The molecule has 1 aromatic rings. The standard InChI is InChI=1S/C15H20N2O2/c1-10-15(18)17(9-11-7-8-11)14(16-10)12-5-3-4-6-13(12)19-2/h3-6,10-11,14,16H,7-9H2,1-2H3. The van der Waals surface area contributed by atoms with Crippen LogP contribution in [-0.2, 0) is 4.79 Å². The number of hydrogen-bond donors (Lipinski definition) is 1. The van der Waals surface area contributed by atoms with E-state index < -0.39 is 0 Å². The zero-order valence-corrected chi connectivity index (χ0v) is 11.4. The lowest BCUT2D eigenvalue weighted by Crippen LogP contribution is -2.32. The molecule has 2 unspecified atom stereocenters. The summed E-state index contributed by atoms with van der Waals surface area (Å²) in [6, 6.07) is 7.80. The molecule has 2 atom stereocenters. The van der Waals surface area contributed by atoms with E-state index in [0.29, 0.717) is 5.92 Å². The fourth-order valence-electron chi connectivity index (χ4n) is 2.70. The van der Waals surface area contributed by atoms with Crippen LogP contribution in [0.3, 0.4) is 0 Å². The first-order chi connectivity index (χ1) is 9.20. The monoisotopic (exact) mass is 260 g/mol. The summed E-state index contributed by atoms with van der Waals surface area (Å²) >= 11 is 0. The summed E-state index contributed by atoms with van der Waals surface area (Å²) in [5, 5.41) is 3.37. The number of nitrogens with one attached hydrogen (secondary N) is 1. The predicted molar refractivity (Wildman–Crippen MR) is 72.8 cm³/mol. The molecular weight excluding hydrogens is 240 g/mol. The smallest absolute Gasteiger partial charge is 0.241 e. The molecule has 1 heterocycles. The van der Waals surface area contributed by atoms with E-state index in [-0.39, 0.29) is 18.1 Å². The molecule has 0 bridgehead atoms. The second kappa shape index (κ2) is 4.85. The Hall–Kier alpha value is -1.55. The first kappa shape index (κ1) is 12.5. The third-order valence-electron chi connectivity index (χ3n) is 3.96. The van der Waals surface area contributed by atoms with Crippen molar-refractivity contribution in [1.82, 2.24) is 10.2 Å². The van der Waals surface area contributed by atoms with Crippen LogP contribution in [0.5, 0.6) is 5.75 Å². The second-order valence-electron chi connectivity index (χ2n) is 5.47. The van der Waals surface area contributed by atoms with Crippen molar-refractivity contribution in [2.75, 3.05) is 13.7 Å². The minimum Gasteiger partial charge on any atom is -0.496 e. The topological polar surface area (TPSA) is 41.6 Å². The summed E-state index contributed by atoms with van der Waals surface area (Å²) in [7, 11) is 1.67. The molecule has 1 N–H and O–H groups in total. The first-order valence-corrected chi connectivity index (χ1v) is 6.90. The molecule has 4 heteroatoms. The van der Waals surface area contributed by atoms with Crippen LogP contribution in [-0.4, -0.2) is 30.5 Å². The van der Waals surface area contributed by atoms with Crippen molar-refractivity contribution in [3.05, 3.63) is 29.8 Å². The fraction of sp³-hybridized carbons (Fsp3) is 0.533. The van der Waals surface area contributed by atoms with Gasteiger partial charge in [-0.1, -0.05) is 18.2 Å². The molecule has 4 nitrogen and oxygen atoms in total. The largest absolute Gasteiger partial charge is 0.496 e. The highest BCUT2D eigenvalue weighted by atomic mass is 16.5. The van der Waals surface area contributed by atoms with Crippen molar-refractivity contribution in [1.29, 1.82) is 0 Å². The number of rotatable bonds is 4. The molecule has 0 aromatic heterocycles. The average molecular weight is 260 g/mol. The summed E-state index contributed by atoms with van der Waals surface area (Å²) in [6.45, 7) is 2.79. The fourth-order valence-corrected chi connectivity index (χ4v) is 2.70. The van der Waals surface area contributed by atoms with E-state index in [2.05, 4.69) is 5.32 Å². The molecule has 1 saturated heterocycles. The first-order valence-electron chi connectivity index (χ1n) is 6.90. The molecule has 0 radical (unpaired) electrons. The Bertz CT molecular complexity index is 485. The molecule has 19 heavy (non-hydrogen) atoms. The van der Waals surface area contributed by atoms with Crippen LogP contribution in [0, 0.1) is 5.92 Å². The number of carbonyl (C=O) groups is 1. The van der Waals surface area contributed by atoms with Gasteiger partial charge < -0.3 is 9.64 Å². The Kier molecular flexibility index (Phi) is 3.19. The minimum atomic E-state index is -0.117. The molecular formula is C15H20N2O2. The van der Waals surface area contributed by atoms with Crippen molar-refractivity contribution in [2.24, 2.45) is 5.92 Å². The Labute approximate surface area is 113 Å². The van der Waals surface area contributed by atoms with E-state index >= 15 is 0 Å². The number of para-hydroxylation sites is 1. The Balaban J connectivity index is 1.90. The molecule has 1 aliphatic heterocycles. The SMILES string of the molecule is COc1ccccc1C1NC(C)C(=O)N1CC1CC1. The number of amides is 1. The molecule has 1 amide bonds. The van der Waals surface area contributed by atoms with Crippen LogP contribution in [0.15, 0.2) is 24.3 Å². The van der Waals surface area contributed by atoms with Crippen molar-refractivity contribution < 1.29 is 9.53 Å². The van der Waals surface area contributed by atoms with Gasteiger partial charge in [0.1, 0.15) is 11.9 Å². The Morgan fingerprint density at radius 2 is 2.11 bits per heavy atom. The lowest BCUT2D eigenvalue weighted by molar-refractivity contribution is -0.130. The normalized spacial score (nSPS) is 26.8. The summed E-state index contributed by atoms with van der Waals surface area (Å²) in [5.74, 6) is 1.72. The van der Waals surface area contributed by atoms with Crippen LogP contribution in [0.1, 0.15) is 31.5 Å². The number of nitrogens with zero attached hydrogens (tertiary/aromatic N) is 1. The van der Waals surface area contributed by atoms with Gasteiger partial charge in [-0.15, -0.1) is 0 Å². The van der Waals surface area contributed by atoms with E-state index in [1.807, 2.05) is 36.1 Å². The van der Waals surface area contributed by atoms with Crippen LogP contribution < -0.4 is 10.1 Å². The zero-order valence-electron chi connectivity index (χ0n) is 11.4. The van der Waals surface area contributed by atoms with Crippen LogP contribution in [0.2, 0.25) is 0 Å². The highest BCUT2D eigenvalue weighted by Crippen LogP contribution is 2.36. The maximum absolute atomic E-state index is 12.3. The molecule has 3 rings (SSSR count). The van der Waals surface area contributed by atoms with Gasteiger partial charge in [0.25, 0.3) is 0 Å². The molecule has 0 spiro atoms. The summed E-state index contributed by atoms with van der Waals surface area (Å²) in [4.78, 5) is 14.2. The van der Waals surface area contributed by atoms with E-state index in [4.69, 9.17) is 4.74 Å². The van der Waals surface area contributed by atoms with Gasteiger partial charge in [0.15, 0.2) is 0 Å². The second-order valence-corrected chi connectivity index (χ2v) is 5.47. The maximum atomic E-state index is 12.3. The van der Waals surface area contributed by atoms with Crippen molar-refractivity contribution in [2.45, 2.75) is 32.0 Å². The predicted octanol–water partition coefficient (Wildman–Crippen LogP) is 1.92. The van der Waals surface area contributed by atoms with Crippen molar-refractivity contribution in [3.8, 4) is 5.75 Å². The van der Waals surface area contributed by atoms with Crippen LogP contribution in [0.4, 0.5) is 0 Å². The highest BCUT2D eigenvalue weighted by molar-refractivity contribution is 5.84. The molecule has 1 saturated carbocycles. The number of hydrogen-bond acceptors (Lipinski definition) is 3. The van der Waals surface area contributed by atoms with Gasteiger partial charge >= 0.3 is 0 Å². The van der Waals surface area contributed by atoms with Crippen LogP contribution >= 0.6 is 0 Å². The van der Waals surface area contributed by atoms with E-state index in [1.165, 1.54) is 12.8 Å². The van der Waals surface area contributed by atoms with Crippen molar-refractivity contribution >= 4 is 5.91 Å². The van der Waals surface area contributed by atoms with E-state index in [0.717, 1.165) is 17.9 Å². The quantitative estimate of drug-likeness (QED) is 0.899. The van der Waals surface area contributed by atoms with Gasteiger partial charge in [-0.05, 0) is 31.7 Å². The number of methoxy groups -OCH3 is 1. The summed E-state index contributed by atoms with van der Waals surface area (Å²) in [5.41, 5.74) is 1.04. The van der Waals surface area contributed by atoms with Gasteiger partial charge in [0.2, 0.25) is 5.91 Å². The van der Waals surface area contributed by atoms with Gasteiger partial charge in [-0.25, -0.2) is 0 Å². The van der Waals surface area contributed by atoms with E-state index in [9.17, 15) is 4.79 Å². The molecule has 2 fully saturated rings. The van der Waals surface area contributed by atoms with Gasteiger partial charge in [-0.3, -0.25) is 10.1 Å². The van der Waals surface area contributed by atoms with Gasteiger partial charge in [-0.2, -0.15) is 0 Å². The zero-order chi connectivity index (χ0) is 13.4. The Morgan fingerprint density at radius 3 is 2.79 bits per heavy atom. The highest BCUT2D eigenvalue weighted by Gasteiger charge is 2.40. The lowest BCUT2D eigenvalue weighted by Gasteiger charge is -2.25. The molecule has 1 aromatic carbocycles.